The van der Waals surface area contributed by atoms with Crippen molar-refractivity contribution in [2.75, 3.05) is 13.7 Å². The summed E-state index contributed by atoms with van der Waals surface area (Å²) in [5.41, 5.74) is 0.00549. The zero-order valence-corrected chi connectivity index (χ0v) is 7.94. The molecule has 0 spiro atoms. The van der Waals surface area contributed by atoms with Crippen LogP contribution < -0.4 is 0 Å². The van der Waals surface area contributed by atoms with Gasteiger partial charge in [-0.2, -0.15) is 0 Å². The van der Waals surface area contributed by atoms with Gasteiger partial charge in [0, 0.05) is 7.11 Å². The van der Waals surface area contributed by atoms with Gasteiger partial charge in [-0.15, -0.1) is 0 Å². The first-order valence-corrected chi connectivity index (χ1v) is 4.17. The lowest BCUT2D eigenvalue weighted by Crippen LogP contribution is -2.33. The average Bonchev–Trinajstić information content (AvgIpc) is 2.07. The van der Waals surface area contributed by atoms with Crippen molar-refractivity contribution in [1.82, 2.24) is 0 Å². The summed E-state index contributed by atoms with van der Waals surface area (Å²) in [4.78, 5) is 0. The van der Waals surface area contributed by atoms with Gasteiger partial charge in [-0.25, -0.2) is 0 Å². The molecule has 2 heteroatoms. The normalized spacial score (nSPS) is 36.0. The Morgan fingerprint density at radius 2 is 1.91 bits per heavy atom. The van der Waals surface area contributed by atoms with E-state index in [1.807, 2.05) is 0 Å². The van der Waals surface area contributed by atoms with E-state index in [2.05, 4.69) is 20.8 Å². The molecule has 11 heavy (non-hydrogen) atoms. The molecule has 0 aliphatic carbocycles. The molecule has 1 saturated heterocycles. The van der Waals surface area contributed by atoms with Crippen LogP contribution in [-0.4, -0.2) is 24.9 Å². The predicted octanol–water partition coefficient (Wildman–Crippen LogP) is 1.98. The third kappa shape index (κ3) is 2.17. The summed E-state index contributed by atoms with van der Waals surface area (Å²) >= 11 is 0. The zero-order chi connectivity index (χ0) is 8.54. The fourth-order valence-electron chi connectivity index (χ4n) is 1.74. The van der Waals surface area contributed by atoms with E-state index >= 15 is 0 Å². The van der Waals surface area contributed by atoms with Crippen molar-refractivity contribution in [1.29, 1.82) is 0 Å². The Morgan fingerprint density at radius 1 is 1.27 bits per heavy atom. The minimum atomic E-state index is -0.0434. The van der Waals surface area contributed by atoms with Crippen molar-refractivity contribution >= 4 is 0 Å². The van der Waals surface area contributed by atoms with Crippen LogP contribution >= 0.6 is 0 Å². The molecule has 2 nitrogen and oxygen atoms in total. The molecule has 0 bridgehead atoms. The topological polar surface area (TPSA) is 18.5 Å². The van der Waals surface area contributed by atoms with E-state index in [0.717, 1.165) is 12.8 Å². The van der Waals surface area contributed by atoms with Crippen molar-refractivity contribution in [2.24, 2.45) is 0 Å². The van der Waals surface area contributed by atoms with Gasteiger partial charge in [0.15, 0.2) is 0 Å². The van der Waals surface area contributed by atoms with E-state index in [1.165, 1.54) is 0 Å². The summed E-state index contributed by atoms with van der Waals surface area (Å²) in [6, 6.07) is 0. The lowest BCUT2D eigenvalue weighted by molar-refractivity contribution is -0.105. The monoisotopic (exact) mass is 158 g/mol. The van der Waals surface area contributed by atoms with E-state index in [1.54, 1.807) is 7.11 Å². The maximum absolute atomic E-state index is 5.85. The Bertz CT molecular complexity index is 142. The highest BCUT2D eigenvalue weighted by molar-refractivity contribution is 4.89. The highest BCUT2D eigenvalue weighted by Crippen LogP contribution is 2.37. The third-order valence-corrected chi connectivity index (χ3v) is 2.23. The molecule has 1 atom stereocenters. The molecule has 0 aromatic heterocycles. The Morgan fingerprint density at radius 3 is 2.27 bits per heavy atom. The standard InChI is InChI=1S/C9H18O2/c1-8(2)5-6-9(3,11-8)7-10-4/h5-7H2,1-4H3. The van der Waals surface area contributed by atoms with Crippen LogP contribution in [0.4, 0.5) is 0 Å². The second kappa shape index (κ2) is 2.76. The Kier molecular flexibility index (Phi) is 2.26. The second-order valence-electron chi connectivity index (χ2n) is 4.24. The molecule has 1 fully saturated rings. The molecular formula is C9H18O2. The van der Waals surface area contributed by atoms with E-state index in [0.29, 0.717) is 6.61 Å². The molecular weight excluding hydrogens is 140 g/mol. The molecule has 0 aromatic carbocycles. The third-order valence-electron chi connectivity index (χ3n) is 2.23. The van der Waals surface area contributed by atoms with Gasteiger partial charge < -0.3 is 9.47 Å². The van der Waals surface area contributed by atoms with E-state index < -0.39 is 0 Å². The number of hydrogen-bond acceptors (Lipinski definition) is 2. The van der Waals surface area contributed by atoms with Gasteiger partial charge in [-0.1, -0.05) is 0 Å². The van der Waals surface area contributed by atoms with Crippen LogP contribution in [0.5, 0.6) is 0 Å². The second-order valence-corrected chi connectivity index (χ2v) is 4.24. The van der Waals surface area contributed by atoms with Gasteiger partial charge in [0.2, 0.25) is 0 Å². The lowest BCUT2D eigenvalue weighted by atomic mass is 10.0. The summed E-state index contributed by atoms with van der Waals surface area (Å²) in [7, 11) is 1.72. The smallest absolute Gasteiger partial charge is 0.0895 e. The summed E-state index contributed by atoms with van der Waals surface area (Å²) in [5, 5.41) is 0. The van der Waals surface area contributed by atoms with Crippen LogP contribution in [0, 0.1) is 0 Å². The molecule has 1 rings (SSSR count). The highest BCUT2D eigenvalue weighted by atomic mass is 16.6. The molecule has 1 heterocycles. The van der Waals surface area contributed by atoms with Gasteiger partial charge in [-0.05, 0) is 33.6 Å². The van der Waals surface area contributed by atoms with E-state index in [9.17, 15) is 0 Å². The number of hydrogen-bond donors (Lipinski definition) is 0. The minimum absolute atomic E-state index is 0.0434. The fourth-order valence-corrected chi connectivity index (χ4v) is 1.74. The quantitative estimate of drug-likeness (QED) is 0.611. The lowest BCUT2D eigenvalue weighted by Gasteiger charge is -2.27. The molecule has 0 saturated carbocycles. The maximum Gasteiger partial charge on any atom is 0.0895 e. The van der Waals surface area contributed by atoms with Gasteiger partial charge in [0.1, 0.15) is 0 Å². The number of ether oxygens (including phenoxy) is 2. The largest absolute Gasteiger partial charge is 0.382 e. The van der Waals surface area contributed by atoms with Crippen LogP contribution in [0.2, 0.25) is 0 Å². The van der Waals surface area contributed by atoms with E-state index in [-0.39, 0.29) is 11.2 Å². The first kappa shape index (κ1) is 9.01. The van der Waals surface area contributed by atoms with Gasteiger partial charge in [-0.3, -0.25) is 0 Å². The van der Waals surface area contributed by atoms with Gasteiger partial charge in [0.05, 0.1) is 17.8 Å². The zero-order valence-electron chi connectivity index (χ0n) is 7.94. The summed E-state index contributed by atoms with van der Waals surface area (Å²) in [6.07, 6.45) is 2.24. The minimum Gasteiger partial charge on any atom is -0.382 e. The Balaban J connectivity index is 2.51. The van der Waals surface area contributed by atoms with Crippen LogP contribution in [0.3, 0.4) is 0 Å². The van der Waals surface area contributed by atoms with Crippen molar-refractivity contribution in [2.45, 2.75) is 44.8 Å². The maximum atomic E-state index is 5.85. The first-order chi connectivity index (χ1) is 4.97. The average molecular weight is 158 g/mol. The van der Waals surface area contributed by atoms with Crippen LogP contribution in [0.1, 0.15) is 33.6 Å². The number of rotatable bonds is 2. The van der Waals surface area contributed by atoms with Crippen LogP contribution in [-0.2, 0) is 9.47 Å². The number of methoxy groups -OCH3 is 1. The van der Waals surface area contributed by atoms with Crippen molar-refractivity contribution < 1.29 is 9.47 Å². The summed E-state index contributed by atoms with van der Waals surface area (Å²) in [5.74, 6) is 0. The van der Waals surface area contributed by atoms with Crippen LogP contribution in [0.15, 0.2) is 0 Å². The molecule has 1 aliphatic rings. The van der Waals surface area contributed by atoms with Crippen LogP contribution in [0.25, 0.3) is 0 Å². The molecule has 1 unspecified atom stereocenters. The van der Waals surface area contributed by atoms with Crippen molar-refractivity contribution in [3.05, 3.63) is 0 Å². The summed E-state index contributed by atoms with van der Waals surface area (Å²) < 4.78 is 10.9. The Labute approximate surface area is 68.9 Å². The molecule has 0 radical (unpaired) electrons. The Hall–Kier alpha value is -0.0800. The predicted molar refractivity (Wildman–Crippen MR) is 44.7 cm³/mol. The van der Waals surface area contributed by atoms with Crippen molar-refractivity contribution in [3.8, 4) is 0 Å². The van der Waals surface area contributed by atoms with Gasteiger partial charge in [0.25, 0.3) is 0 Å². The van der Waals surface area contributed by atoms with Crippen molar-refractivity contribution in [3.63, 3.8) is 0 Å². The highest BCUT2D eigenvalue weighted by Gasteiger charge is 2.40. The molecule has 66 valence electrons. The summed E-state index contributed by atoms with van der Waals surface area (Å²) in [6.45, 7) is 7.09. The van der Waals surface area contributed by atoms with E-state index in [4.69, 9.17) is 9.47 Å². The molecule has 0 N–H and O–H groups in total. The molecule has 0 aromatic rings. The van der Waals surface area contributed by atoms with Gasteiger partial charge >= 0.3 is 0 Å². The first-order valence-electron chi connectivity index (χ1n) is 4.17. The SMILES string of the molecule is COCC1(C)CCC(C)(C)O1. The fraction of sp³-hybridized carbons (Fsp3) is 1.00. The molecule has 0 amide bonds. The molecule has 1 aliphatic heterocycles.